The van der Waals surface area contributed by atoms with Crippen molar-refractivity contribution in [3.8, 4) is 0 Å². The second-order valence-corrected chi connectivity index (χ2v) is 1.95. The summed E-state index contributed by atoms with van der Waals surface area (Å²) >= 11 is 0. The van der Waals surface area contributed by atoms with Gasteiger partial charge in [0.2, 0.25) is 0 Å². The van der Waals surface area contributed by atoms with E-state index in [-0.39, 0.29) is 71.5 Å². The Morgan fingerprint density at radius 1 is 1.22 bits per heavy atom. The van der Waals surface area contributed by atoms with Gasteiger partial charge in [0.25, 0.3) is 0 Å². The van der Waals surface area contributed by atoms with Gasteiger partial charge in [-0.2, -0.15) is 4.63 Å². The van der Waals surface area contributed by atoms with Crippen molar-refractivity contribution in [3.63, 3.8) is 0 Å². The zero-order valence-corrected chi connectivity index (χ0v) is 3.63. The molecular weight excluding hydrogens is 165 g/mol. The van der Waals surface area contributed by atoms with Gasteiger partial charge in [-0.05, 0) is 0 Å². The van der Waals surface area contributed by atoms with E-state index in [1.807, 2.05) is 0 Å². The summed E-state index contributed by atoms with van der Waals surface area (Å²) in [6.45, 7) is 0. The zero-order chi connectivity index (χ0) is 5.21. The first-order valence-electron chi connectivity index (χ1n) is 1.03. The molecule has 0 aliphatic heterocycles. The van der Waals surface area contributed by atoms with Crippen LogP contribution in [0.3, 0.4) is 0 Å². The van der Waals surface area contributed by atoms with Crippen molar-refractivity contribution in [2.24, 2.45) is 0 Å². The van der Waals surface area contributed by atoms with E-state index >= 15 is 0 Å². The van der Waals surface area contributed by atoms with Gasteiger partial charge in [-0.3, -0.25) is 0 Å². The molecule has 3 N–H and O–H groups in total. The first-order chi connectivity index (χ1) is 2.56. The number of halogens is 1. The van der Waals surface area contributed by atoms with Crippen LogP contribution in [0.2, 0.25) is 0 Å². The third-order valence-electron chi connectivity index (χ3n) is 0.104. The van der Waals surface area contributed by atoms with E-state index < -0.39 is 9.05 Å². The van der Waals surface area contributed by atoms with Gasteiger partial charge in [-0.1, -0.05) is 4.53 Å². The summed E-state index contributed by atoms with van der Waals surface area (Å²) < 4.78 is 12.6. The topological polar surface area (TPSA) is 69.9 Å². The van der Waals surface area contributed by atoms with Crippen molar-refractivity contribution in [3.05, 3.63) is 0 Å². The van der Waals surface area contributed by atoms with E-state index in [4.69, 9.17) is 14.4 Å². The Hall–Kier alpha value is 2.35. The fourth-order valence-electron chi connectivity index (χ4n) is 0. The van der Waals surface area contributed by atoms with Crippen molar-refractivity contribution < 1.29 is 23.5 Å². The van der Waals surface area contributed by atoms with Crippen LogP contribution in [0.25, 0.3) is 0 Å². The van der Waals surface area contributed by atoms with Crippen LogP contribution in [0.15, 0.2) is 0 Å². The molecule has 0 aliphatic carbocycles. The van der Waals surface area contributed by atoms with E-state index in [2.05, 4.69) is 4.63 Å². The Kier molecular flexibility index (Phi) is 25.9. The second kappa shape index (κ2) is 10.4. The summed E-state index contributed by atoms with van der Waals surface area (Å²) in [6.07, 6.45) is 0. The molecule has 0 aromatic rings. The normalized spacial score (nSPS) is 8.00. The standard InChI is InChI=1S/FH3O4Si.Li.Mg.Na.4H/c1-5-6(2,3)4;;;;;;;/h2-4H;;;;;;;. The molecule has 0 bridgehead atoms. The third-order valence-corrected chi connectivity index (χ3v) is 0.311. The molecule has 9 heteroatoms. The molecule has 0 heterocycles. The fourth-order valence-corrected chi connectivity index (χ4v) is 0. The first-order valence-corrected chi connectivity index (χ1v) is 2.78. The first kappa shape index (κ1) is 22.5. The molecule has 46 valence electrons. The van der Waals surface area contributed by atoms with Gasteiger partial charge in [0.05, 0.1) is 0 Å². The quantitative estimate of drug-likeness (QED) is 0.354. The molecule has 0 aliphatic rings. The Morgan fingerprint density at radius 2 is 1.33 bits per heavy atom. The van der Waals surface area contributed by atoms with Crippen LogP contribution in [0.4, 0.5) is 4.53 Å². The Bertz CT molecular complexity index is 50.3. The Balaban J connectivity index is -0.0000000417. The van der Waals surface area contributed by atoms with Crippen LogP contribution in [0, 0.1) is 0 Å². The molecule has 0 amide bonds. The molecule has 0 aromatic carbocycles. The SMILES string of the molecule is O[Si](O)(O)OF.[LiH].[MgH2].[NaH]. The van der Waals surface area contributed by atoms with Crippen LogP contribution in [-0.4, -0.2) is 94.9 Å². The van der Waals surface area contributed by atoms with Gasteiger partial charge in [0.15, 0.2) is 0 Å². The Labute approximate surface area is 103 Å². The molecule has 0 spiro atoms. The fraction of sp³-hybridized carbons (Fsp3) is 0. The summed E-state index contributed by atoms with van der Waals surface area (Å²) in [5.41, 5.74) is 0. The van der Waals surface area contributed by atoms with Crippen molar-refractivity contribution in [1.29, 1.82) is 0 Å². The molecule has 0 aromatic heterocycles. The molecule has 4 nitrogen and oxygen atoms in total. The number of hydrogen-bond acceptors (Lipinski definition) is 4. The van der Waals surface area contributed by atoms with Gasteiger partial charge < -0.3 is 14.4 Å². The third kappa shape index (κ3) is 25.2. The average Bonchev–Trinajstić information content (AvgIpc) is 1.35. The predicted octanol–water partition coefficient (Wildman–Crippen LogP) is -3.91. The zero-order valence-electron chi connectivity index (χ0n) is 2.63. The molecule has 0 rings (SSSR count). The maximum absolute atomic E-state index is 10.3. The van der Waals surface area contributed by atoms with Gasteiger partial charge >= 0.3 is 80.5 Å². The molecule has 0 unspecified atom stereocenters. The van der Waals surface area contributed by atoms with Crippen molar-refractivity contribution in [2.75, 3.05) is 0 Å². The summed E-state index contributed by atoms with van der Waals surface area (Å²) in [4.78, 5) is 22.4. The van der Waals surface area contributed by atoms with Crippen molar-refractivity contribution >= 4 is 80.5 Å². The monoisotopic (exact) mass is 172 g/mol. The molecule has 0 saturated heterocycles. The predicted molar refractivity (Wildman–Crippen MR) is 37.4 cm³/mol. The summed E-state index contributed by atoms with van der Waals surface area (Å²) in [7, 11) is -4.80. The van der Waals surface area contributed by atoms with Crippen molar-refractivity contribution in [1.82, 2.24) is 0 Å². The number of rotatable bonds is 1. The molecule has 0 atom stereocenters. The minimum absolute atomic E-state index is 0. The van der Waals surface area contributed by atoms with Gasteiger partial charge in [0, 0.05) is 0 Å². The molecular formula is H7FLiMgNaO4Si. The Morgan fingerprint density at radius 3 is 1.33 bits per heavy atom. The van der Waals surface area contributed by atoms with Crippen LogP contribution < -0.4 is 0 Å². The van der Waals surface area contributed by atoms with Crippen LogP contribution in [0.5, 0.6) is 0 Å². The number of hydrogen-bond donors (Lipinski definition) is 3. The average molecular weight is 172 g/mol. The van der Waals surface area contributed by atoms with Crippen LogP contribution in [0.1, 0.15) is 0 Å². The van der Waals surface area contributed by atoms with Crippen LogP contribution in [-0.2, 0) is 4.63 Å². The second-order valence-electron chi connectivity index (χ2n) is 0.651. The molecule has 0 radical (unpaired) electrons. The van der Waals surface area contributed by atoms with E-state index in [1.165, 1.54) is 0 Å². The van der Waals surface area contributed by atoms with E-state index in [1.54, 1.807) is 0 Å². The summed E-state index contributed by atoms with van der Waals surface area (Å²) in [5.74, 6) is 0. The van der Waals surface area contributed by atoms with Gasteiger partial charge in [-0.15, -0.1) is 0 Å². The van der Waals surface area contributed by atoms with Gasteiger partial charge in [0.1, 0.15) is 0 Å². The van der Waals surface area contributed by atoms with E-state index in [0.29, 0.717) is 0 Å². The summed E-state index contributed by atoms with van der Waals surface area (Å²) in [5, 5.41) is 0. The van der Waals surface area contributed by atoms with Crippen molar-refractivity contribution in [2.45, 2.75) is 0 Å². The van der Waals surface area contributed by atoms with Gasteiger partial charge in [-0.25, -0.2) is 0 Å². The minimum atomic E-state index is -4.80. The summed E-state index contributed by atoms with van der Waals surface area (Å²) in [6, 6.07) is 0. The van der Waals surface area contributed by atoms with Crippen LogP contribution >= 0.6 is 0 Å². The molecule has 0 saturated carbocycles. The molecule has 0 fully saturated rings. The molecule has 9 heavy (non-hydrogen) atoms. The van der Waals surface area contributed by atoms with E-state index in [9.17, 15) is 4.53 Å². The van der Waals surface area contributed by atoms with E-state index in [0.717, 1.165) is 0 Å². The maximum atomic E-state index is 10.3.